The van der Waals surface area contributed by atoms with Gasteiger partial charge in [0, 0.05) is 10.3 Å². The zero-order valence-electron chi connectivity index (χ0n) is 9.30. The van der Waals surface area contributed by atoms with Crippen molar-refractivity contribution in [2.24, 2.45) is 5.92 Å². The number of nitrogens with one attached hydrogen (secondary N) is 1. The molecular formula is C11H16ClNO3S. The SMILES string of the molecule is O=C1CNC(O)/C(=C/[C@H]2CCC(O)C[C@H]2Cl)S1. The van der Waals surface area contributed by atoms with Gasteiger partial charge < -0.3 is 10.2 Å². The summed E-state index contributed by atoms with van der Waals surface area (Å²) in [6, 6.07) is 0. The number of carbonyl (C=O) groups is 1. The maximum atomic E-state index is 11.3. The summed E-state index contributed by atoms with van der Waals surface area (Å²) in [7, 11) is 0. The second-order valence-corrected chi connectivity index (χ2v) is 6.16. The molecule has 0 aromatic heterocycles. The smallest absolute Gasteiger partial charge is 0.207 e. The molecule has 1 heterocycles. The molecule has 0 aromatic rings. The standard InChI is InChI=1S/C11H16ClNO3S/c12-8-4-7(14)2-1-6(8)3-9-11(16)13-5-10(15)17-9/h3,6-8,11,13-14,16H,1-2,4-5H2/b9-3-/t6-,7?,8-,11?/m1/s1. The lowest BCUT2D eigenvalue weighted by Crippen LogP contribution is -2.39. The van der Waals surface area contributed by atoms with E-state index in [2.05, 4.69) is 5.32 Å². The molecule has 0 radical (unpaired) electrons. The summed E-state index contributed by atoms with van der Waals surface area (Å²) in [5, 5.41) is 21.8. The Labute approximate surface area is 109 Å². The predicted molar refractivity (Wildman–Crippen MR) is 67.7 cm³/mol. The molecule has 2 unspecified atom stereocenters. The van der Waals surface area contributed by atoms with Gasteiger partial charge in [-0.3, -0.25) is 10.1 Å². The number of thioether (sulfide) groups is 1. The zero-order chi connectivity index (χ0) is 12.4. The van der Waals surface area contributed by atoms with Crippen LogP contribution in [0.3, 0.4) is 0 Å². The molecule has 2 fully saturated rings. The Balaban J connectivity index is 2.04. The lowest BCUT2D eigenvalue weighted by molar-refractivity contribution is -0.111. The van der Waals surface area contributed by atoms with Gasteiger partial charge in [0.1, 0.15) is 6.23 Å². The molecule has 0 aromatic carbocycles. The Morgan fingerprint density at radius 1 is 1.41 bits per heavy atom. The fourth-order valence-corrected chi connectivity index (χ4v) is 3.41. The quantitative estimate of drug-likeness (QED) is 0.619. The number of hydrogen-bond acceptors (Lipinski definition) is 5. The first kappa shape index (κ1) is 13.4. The number of hydrogen-bond donors (Lipinski definition) is 3. The van der Waals surface area contributed by atoms with Crippen molar-refractivity contribution in [2.75, 3.05) is 6.54 Å². The summed E-state index contributed by atoms with van der Waals surface area (Å²) in [5.74, 6) is 0.116. The Morgan fingerprint density at radius 2 is 2.18 bits per heavy atom. The highest BCUT2D eigenvalue weighted by molar-refractivity contribution is 8.17. The maximum Gasteiger partial charge on any atom is 0.207 e. The van der Waals surface area contributed by atoms with Crippen molar-refractivity contribution in [1.82, 2.24) is 5.32 Å². The van der Waals surface area contributed by atoms with Gasteiger partial charge in [-0.2, -0.15) is 0 Å². The van der Waals surface area contributed by atoms with Gasteiger partial charge in [-0.05, 0) is 25.2 Å². The molecule has 0 bridgehead atoms. The van der Waals surface area contributed by atoms with Crippen molar-refractivity contribution >= 4 is 28.5 Å². The number of rotatable bonds is 1. The van der Waals surface area contributed by atoms with Crippen molar-refractivity contribution in [1.29, 1.82) is 0 Å². The van der Waals surface area contributed by atoms with Gasteiger partial charge in [-0.15, -0.1) is 11.6 Å². The van der Waals surface area contributed by atoms with E-state index in [1.54, 1.807) is 0 Å². The van der Waals surface area contributed by atoms with E-state index in [9.17, 15) is 15.0 Å². The third kappa shape index (κ3) is 3.45. The molecule has 0 amide bonds. The number of alkyl halides is 1. The van der Waals surface area contributed by atoms with E-state index < -0.39 is 6.23 Å². The van der Waals surface area contributed by atoms with Gasteiger partial charge >= 0.3 is 0 Å². The molecule has 17 heavy (non-hydrogen) atoms. The van der Waals surface area contributed by atoms with Crippen molar-refractivity contribution in [3.8, 4) is 0 Å². The highest BCUT2D eigenvalue weighted by Crippen LogP contribution is 2.34. The van der Waals surface area contributed by atoms with Crippen molar-refractivity contribution in [2.45, 2.75) is 37.0 Å². The molecule has 3 N–H and O–H groups in total. The fraction of sp³-hybridized carbons (Fsp3) is 0.727. The summed E-state index contributed by atoms with van der Waals surface area (Å²) < 4.78 is 0. The molecule has 1 aliphatic heterocycles. The summed E-state index contributed by atoms with van der Waals surface area (Å²) in [4.78, 5) is 11.9. The lowest BCUT2D eigenvalue weighted by atomic mass is 9.86. The molecule has 2 rings (SSSR count). The van der Waals surface area contributed by atoms with Crippen LogP contribution in [-0.4, -0.2) is 39.6 Å². The fourth-order valence-electron chi connectivity index (χ4n) is 2.15. The summed E-state index contributed by atoms with van der Waals surface area (Å²) >= 11 is 7.26. The zero-order valence-corrected chi connectivity index (χ0v) is 10.9. The van der Waals surface area contributed by atoms with Crippen LogP contribution < -0.4 is 5.32 Å². The Morgan fingerprint density at radius 3 is 2.88 bits per heavy atom. The first-order valence-electron chi connectivity index (χ1n) is 5.72. The first-order valence-corrected chi connectivity index (χ1v) is 6.97. The maximum absolute atomic E-state index is 11.3. The van der Waals surface area contributed by atoms with Crippen LogP contribution in [0, 0.1) is 5.92 Å². The average molecular weight is 278 g/mol. The van der Waals surface area contributed by atoms with Crippen LogP contribution in [0.2, 0.25) is 0 Å². The van der Waals surface area contributed by atoms with E-state index in [0.717, 1.165) is 24.6 Å². The van der Waals surface area contributed by atoms with Crippen LogP contribution in [0.25, 0.3) is 0 Å². The van der Waals surface area contributed by atoms with Gasteiger partial charge in [-0.25, -0.2) is 0 Å². The van der Waals surface area contributed by atoms with E-state index in [1.165, 1.54) is 0 Å². The third-order valence-corrected chi connectivity index (χ3v) is 4.58. The van der Waals surface area contributed by atoms with Crippen molar-refractivity contribution in [3.63, 3.8) is 0 Å². The third-order valence-electron chi connectivity index (χ3n) is 3.11. The van der Waals surface area contributed by atoms with Gasteiger partial charge in [0.05, 0.1) is 12.6 Å². The van der Waals surface area contributed by atoms with Crippen LogP contribution in [-0.2, 0) is 4.79 Å². The molecule has 1 aliphatic carbocycles. The molecule has 2 aliphatic rings. The van der Waals surface area contributed by atoms with E-state index in [0.29, 0.717) is 11.3 Å². The van der Waals surface area contributed by atoms with Crippen molar-refractivity contribution in [3.05, 3.63) is 11.0 Å². The van der Waals surface area contributed by atoms with Gasteiger partial charge in [0.15, 0.2) is 0 Å². The lowest BCUT2D eigenvalue weighted by Gasteiger charge is -2.30. The molecule has 96 valence electrons. The van der Waals surface area contributed by atoms with E-state index in [-0.39, 0.29) is 29.1 Å². The molecule has 1 saturated heterocycles. The highest BCUT2D eigenvalue weighted by atomic mass is 35.5. The Bertz CT molecular complexity index is 337. The van der Waals surface area contributed by atoms with E-state index >= 15 is 0 Å². The van der Waals surface area contributed by atoms with Crippen LogP contribution in [0.15, 0.2) is 11.0 Å². The summed E-state index contributed by atoms with van der Waals surface area (Å²) in [6.07, 6.45) is 2.87. The minimum Gasteiger partial charge on any atom is -0.393 e. The van der Waals surface area contributed by atoms with Gasteiger partial charge in [0.2, 0.25) is 5.12 Å². The topological polar surface area (TPSA) is 69.6 Å². The highest BCUT2D eigenvalue weighted by Gasteiger charge is 2.29. The van der Waals surface area contributed by atoms with Crippen LogP contribution in [0.4, 0.5) is 0 Å². The molecule has 1 saturated carbocycles. The van der Waals surface area contributed by atoms with E-state index in [1.807, 2.05) is 6.08 Å². The Hall–Kier alpha value is -0.0700. The predicted octanol–water partition coefficient (Wildman–Crippen LogP) is 0.820. The van der Waals surface area contributed by atoms with Crippen molar-refractivity contribution < 1.29 is 15.0 Å². The molecule has 4 nitrogen and oxygen atoms in total. The monoisotopic (exact) mass is 277 g/mol. The first-order chi connectivity index (χ1) is 8.06. The second kappa shape index (κ2) is 5.71. The molecule has 4 atom stereocenters. The number of halogens is 1. The summed E-state index contributed by atoms with van der Waals surface area (Å²) in [6.45, 7) is 0.191. The molecule has 6 heteroatoms. The van der Waals surface area contributed by atoms with E-state index in [4.69, 9.17) is 11.6 Å². The summed E-state index contributed by atoms with van der Waals surface area (Å²) in [5.41, 5.74) is 0. The van der Waals surface area contributed by atoms with Crippen LogP contribution in [0.1, 0.15) is 19.3 Å². The largest absolute Gasteiger partial charge is 0.393 e. The number of allylic oxidation sites excluding steroid dienone is 1. The van der Waals surface area contributed by atoms with Gasteiger partial charge in [-0.1, -0.05) is 17.8 Å². The van der Waals surface area contributed by atoms with Crippen LogP contribution >= 0.6 is 23.4 Å². The average Bonchev–Trinajstić information content (AvgIpc) is 2.27. The molecular weight excluding hydrogens is 262 g/mol. The van der Waals surface area contributed by atoms with Crippen LogP contribution in [0.5, 0.6) is 0 Å². The molecule has 0 spiro atoms. The number of carbonyl (C=O) groups excluding carboxylic acids is 1. The number of aliphatic hydroxyl groups excluding tert-OH is 2. The minimum atomic E-state index is -0.770. The normalized spacial score (nSPS) is 41.8. The minimum absolute atomic E-state index is 0.00326. The number of aliphatic hydroxyl groups is 2. The Kier molecular flexibility index (Phi) is 4.49. The van der Waals surface area contributed by atoms with Gasteiger partial charge in [0.25, 0.3) is 0 Å². The second-order valence-electron chi connectivity index (χ2n) is 4.47.